The van der Waals surface area contributed by atoms with Crippen LogP contribution in [0, 0.1) is 0 Å². The van der Waals surface area contributed by atoms with E-state index in [1.165, 1.54) is 17.3 Å². The average Bonchev–Trinajstić information content (AvgIpc) is 2.15. The molecule has 0 bridgehead atoms. The Labute approximate surface area is 88.9 Å². The number of rotatable bonds is 4. The molecule has 0 aliphatic carbocycles. The lowest BCUT2D eigenvalue weighted by molar-refractivity contribution is -0.116. The molecule has 0 aliphatic heterocycles. The molecule has 1 radical (unpaired) electrons. The highest BCUT2D eigenvalue weighted by molar-refractivity contribution is 8.00. The summed E-state index contributed by atoms with van der Waals surface area (Å²) >= 11 is 1.41. The van der Waals surface area contributed by atoms with E-state index in [-0.39, 0.29) is 5.75 Å². The summed E-state index contributed by atoms with van der Waals surface area (Å²) < 4.78 is 0. The Hall–Kier alpha value is -0.960. The SMILES string of the molecule is CC(C)c1ccc(SCC([NH])=O)cc1. The van der Waals surface area contributed by atoms with Gasteiger partial charge in [-0.2, -0.15) is 0 Å². The van der Waals surface area contributed by atoms with Crippen molar-refractivity contribution in [2.75, 3.05) is 5.75 Å². The van der Waals surface area contributed by atoms with Crippen molar-refractivity contribution in [1.29, 1.82) is 0 Å². The van der Waals surface area contributed by atoms with E-state index in [1.807, 2.05) is 12.1 Å². The van der Waals surface area contributed by atoms with Crippen molar-refractivity contribution in [1.82, 2.24) is 5.73 Å². The van der Waals surface area contributed by atoms with Crippen molar-refractivity contribution in [3.8, 4) is 0 Å². The molecule has 0 aromatic heterocycles. The van der Waals surface area contributed by atoms with E-state index in [2.05, 4.69) is 26.0 Å². The maximum atomic E-state index is 10.4. The zero-order valence-corrected chi connectivity index (χ0v) is 9.23. The number of hydrogen-bond donors (Lipinski definition) is 0. The van der Waals surface area contributed by atoms with E-state index in [9.17, 15) is 4.79 Å². The van der Waals surface area contributed by atoms with Crippen molar-refractivity contribution in [3.05, 3.63) is 29.8 Å². The van der Waals surface area contributed by atoms with E-state index >= 15 is 0 Å². The van der Waals surface area contributed by atoms with E-state index in [0.29, 0.717) is 5.92 Å². The van der Waals surface area contributed by atoms with Crippen LogP contribution in [0.15, 0.2) is 29.2 Å². The van der Waals surface area contributed by atoms with Gasteiger partial charge < -0.3 is 0 Å². The second-order valence-corrected chi connectivity index (χ2v) is 4.48. The Balaban J connectivity index is 2.59. The summed E-state index contributed by atoms with van der Waals surface area (Å²) in [4.78, 5) is 11.5. The lowest BCUT2D eigenvalue weighted by Gasteiger charge is -2.05. The van der Waals surface area contributed by atoms with Crippen LogP contribution in [0.3, 0.4) is 0 Å². The van der Waals surface area contributed by atoms with Crippen molar-refractivity contribution < 1.29 is 4.79 Å². The second-order valence-electron chi connectivity index (χ2n) is 3.44. The molecule has 0 heterocycles. The van der Waals surface area contributed by atoms with Gasteiger partial charge in [-0.05, 0) is 23.6 Å². The fraction of sp³-hybridized carbons (Fsp3) is 0.364. The monoisotopic (exact) mass is 208 g/mol. The fourth-order valence-corrected chi connectivity index (χ4v) is 1.72. The Kier molecular flexibility index (Phi) is 4.01. The zero-order valence-electron chi connectivity index (χ0n) is 8.41. The molecular formula is C11H14NOS. The number of amides is 1. The predicted molar refractivity (Wildman–Crippen MR) is 59.4 cm³/mol. The Morgan fingerprint density at radius 3 is 2.36 bits per heavy atom. The topological polar surface area (TPSA) is 40.9 Å². The number of benzene rings is 1. The maximum Gasteiger partial charge on any atom is 0.248 e. The highest BCUT2D eigenvalue weighted by Crippen LogP contribution is 2.21. The summed E-state index contributed by atoms with van der Waals surface area (Å²) in [5.41, 5.74) is 8.08. The van der Waals surface area contributed by atoms with Crippen LogP contribution in [-0.2, 0) is 4.79 Å². The number of hydrogen-bond acceptors (Lipinski definition) is 2. The normalized spacial score (nSPS) is 10.5. The summed E-state index contributed by atoms with van der Waals surface area (Å²) in [7, 11) is 0. The molecule has 2 nitrogen and oxygen atoms in total. The van der Waals surface area contributed by atoms with Crippen molar-refractivity contribution in [2.24, 2.45) is 0 Å². The first kappa shape index (κ1) is 11.1. The number of thioether (sulfide) groups is 1. The van der Waals surface area contributed by atoms with E-state index in [1.54, 1.807) is 0 Å². The summed E-state index contributed by atoms with van der Waals surface area (Å²) in [6.07, 6.45) is 0. The van der Waals surface area contributed by atoms with Crippen LogP contribution in [0.25, 0.3) is 0 Å². The summed E-state index contributed by atoms with van der Waals surface area (Å²) in [5, 5.41) is 0. The Morgan fingerprint density at radius 1 is 1.36 bits per heavy atom. The molecule has 14 heavy (non-hydrogen) atoms. The minimum atomic E-state index is -0.525. The number of carbonyl (C=O) groups is 1. The van der Waals surface area contributed by atoms with Gasteiger partial charge in [-0.15, -0.1) is 11.8 Å². The van der Waals surface area contributed by atoms with Gasteiger partial charge in [0.1, 0.15) is 0 Å². The molecule has 0 saturated carbocycles. The predicted octanol–water partition coefficient (Wildman–Crippen LogP) is 2.71. The van der Waals surface area contributed by atoms with Gasteiger partial charge >= 0.3 is 0 Å². The molecular weight excluding hydrogens is 194 g/mol. The molecule has 0 aliphatic rings. The van der Waals surface area contributed by atoms with Gasteiger partial charge in [0.25, 0.3) is 0 Å². The van der Waals surface area contributed by atoms with Crippen LogP contribution in [0.4, 0.5) is 0 Å². The maximum absolute atomic E-state index is 10.4. The van der Waals surface area contributed by atoms with Crippen LogP contribution in [0.2, 0.25) is 0 Å². The smallest absolute Gasteiger partial charge is 0.248 e. The molecule has 1 rings (SSSR count). The molecule has 0 spiro atoms. The zero-order chi connectivity index (χ0) is 10.6. The molecule has 1 aromatic carbocycles. The number of carbonyl (C=O) groups excluding carboxylic acids is 1. The van der Waals surface area contributed by atoms with Gasteiger partial charge in [-0.1, -0.05) is 26.0 Å². The third-order valence-corrected chi connectivity index (χ3v) is 2.93. The third kappa shape index (κ3) is 3.42. The first-order valence-electron chi connectivity index (χ1n) is 4.57. The summed E-state index contributed by atoms with van der Waals surface area (Å²) in [6, 6.07) is 8.15. The molecule has 0 unspecified atom stereocenters. The minimum absolute atomic E-state index is 0.237. The van der Waals surface area contributed by atoms with Crippen LogP contribution in [-0.4, -0.2) is 11.7 Å². The standard InChI is InChI=1S/C11H14NOS/c1-8(2)9-3-5-10(6-4-9)14-7-11(12)13/h3-6,8,12H,7H2,1-2H3. The average molecular weight is 208 g/mol. The quantitative estimate of drug-likeness (QED) is 0.714. The minimum Gasteiger partial charge on any atom is -0.272 e. The van der Waals surface area contributed by atoms with Crippen LogP contribution < -0.4 is 5.73 Å². The van der Waals surface area contributed by atoms with E-state index in [4.69, 9.17) is 5.73 Å². The Bertz CT molecular complexity index is 306. The van der Waals surface area contributed by atoms with Gasteiger partial charge in [0.05, 0.1) is 5.75 Å². The van der Waals surface area contributed by atoms with Gasteiger partial charge in [0, 0.05) is 4.90 Å². The van der Waals surface area contributed by atoms with Crippen LogP contribution >= 0.6 is 11.8 Å². The van der Waals surface area contributed by atoms with Crippen molar-refractivity contribution >= 4 is 17.7 Å². The fourth-order valence-electron chi connectivity index (χ4n) is 1.10. The van der Waals surface area contributed by atoms with Gasteiger partial charge in [-0.25, -0.2) is 0 Å². The highest BCUT2D eigenvalue weighted by Gasteiger charge is 2.00. The number of nitrogens with one attached hydrogen (secondary N) is 1. The molecule has 1 N–H and O–H groups in total. The van der Waals surface area contributed by atoms with Gasteiger partial charge in [0.15, 0.2) is 0 Å². The molecule has 1 aromatic rings. The van der Waals surface area contributed by atoms with E-state index < -0.39 is 5.91 Å². The molecule has 0 fully saturated rings. The van der Waals surface area contributed by atoms with Crippen LogP contribution in [0.1, 0.15) is 25.3 Å². The molecule has 0 atom stereocenters. The molecule has 0 saturated heterocycles. The van der Waals surface area contributed by atoms with Gasteiger partial charge in [-0.3, -0.25) is 10.5 Å². The highest BCUT2D eigenvalue weighted by atomic mass is 32.2. The third-order valence-electron chi connectivity index (χ3n) is 1.92. The lowest BCUT2D eigenvalue weighted by Crippen LogP contribution is -2.00. The van der Waals surface area contributed by atoms with E-state index in [0.717, 1.165) is 4.90 Å². The molecule has 3 heteroatoms. The van der Waals surface area contributed by atoms with Crippen molar-refractivity contribution in [2.45, 2.75) is 24.7 Å². The van der Waals surface area contributed by atoms with Crippen LogP contribution in [0.5, 0.6) is 0 Å². The second kappa shape index (κ2) is 5.05. The first-order chi connectivity index (χ1) is 6.59. The molecule has 1 amide bonds. The Morgan fingerprint density at radius 2 is 1.93 bits per heavy atom. The molecule has 75 valence electrons. The largest absolute Gasteiger partial charge is 0.272 e. The summed E-state index contributed by atoms with van der Waals surface area (Å²) in [5.74, 6) is 0.246. The first-order valence-corrected chi connectivity index (χ1v) is 5.55. The van der Waals surface area contributed by atoms with Gasteiger partial charge in [0.2, 0.25) is 5.91 Å². The lowest BCUT2D eigenvalue weighted by atomic mass is 10.0. The van der Waals surface area contributed by atoms with Crippen molar-refractivity contribution in [3.63, 3.8) is 0 Å². The summed E-state index contributed by atoms with van der Waals surface area (Å²) in [6.45, 7) is 4.30.